The fraction of sp³-hybridized carbons (Fsp3) is 0.368. The third-order valence-corrected chi connectivity index (χ3v) is 5.24. The van der Waals surface area contributed by atoms with E-state index in [9.17, 15) is 21.0 Å². The lowest BCUT2D eigenvalue weighted by molar-refractivity contribution is -0.672. The van der Waals surface area contributed by atoms with Crippen LogP contribution >= 0.6 is 0 Å². The van der Waals surface area contributed by atoms with Gasteiger partial charge in [-0.2, -0.15) is 21.0 Å². The number of hydrogen-bond acceptors (Lipinski definition) is 4. The number of quaternary nitrogens is 1. The van der Waals surface area contributed by atoms with Gasteiger partial charge in [-0.15, -0.1) is 0 Å². The zero-order valence-corrected chi connectivity index (χ0v) is 13.2. The molecule has 0 saturated carbocycles. The Hall–Kier alpha value is -3.12. The number of benzene rings is 1. The molecule has 0 radical (unpaired) electrons. The van der Waals surface area contributed by atoms with Gasteiger partial charge < -0.3 is 5.32 Å². The molecule has 5 heteroatoms. The first-order chi connectivity index (χ1) is 11.7. The van der Waals surface area contributed by atoms with Crippen molar-refractivity contribution in [2.24, 2.45) is 10.8 Å². The third kappa shape index (κ3) is 1.87. The zero-order chi connectivity index (χ0) is 17.2. The van der Waals surface area contributed by atoms with Crippen LogP contribution in [0.15, 0.2) is 41.6 Å². The largest absolute Gasteiger partial charge is 0.309 e. The molecule has 0 fully saturated rings. The predicted molar refractivity (Wildman–Crippen MR) is 83.9 cm³/mol. The Labute approximate surface area is 141 Å². The highest BCUT2D eigenvalue weighted by molar-refractivity contribution is 5.50. The Balaban J connectivity index is 2.33. The van der Waals surface area contributed by atoms with E-state index in [1.807, 2.05) is 35.6 Å². The minimum Gasteiger partial charge on any atom is -0.309 e. The van der Waals surface area contributed by atoms with Crippen LogP contribution in [-0.4, -0.2) is 0 Å². The van der Waals surface area contributed by atoms with Crippen LogP contribution in [0, 0.1) is 56.2 Å². The van der Waals surface area contributed by atoms with Crippen LogP contribution < -0.4 is 5.32 Å². The molecule has 24 heavy (non-hydrogen) atoms. The SMILES string of the molecule is N#CC1(C#N)C2=C(CCCC2)[NH2+][C@@H](c2ccccc2)C1(C#N)C#N. The second-order valence-electron chi connectivity index (χ2n) is 6.27. The average molecular weight is 314 g/mol. The van der Waals surface area contributed by atoms with Crippen molar-refractivity contribution in [3.8, 4) is 24.3 Å². The van der Waals surface area contributed by atoms with E-state index in [1.165, 1.54) is 0 Å². The van der Waals surface area contributed by atoms with E-state index in [-0.39, 0.29) is 0 Å². The van der Waals surface area contributed by atoms with Crippen molar-refractivity contribution in [2.75, 3.05) is 0 Å². The molecule has 1 aliphatic carbocycles. The van der Waals surface area contributed by atoms with Gasteiger partial charge in [0.05, 0.1) is 24.3 Å². The number of hydrogen-bond donors (Lipinski definition) is 1. The van der Waals surface area contributed by atoms with Gasteiger partial charge in [0.15, 0.2) is 6.04 Å². The zero-order valence-electron chi connectivity index (χ0n) is 13.2. The molecule has 1 aliphatic heterocycles. The summed E-state index contributed by atoms with van der Waals surface area (Å²) < 4.78 is 0. The smallest absolute Gasteiger partial charge is 0.234 e. The molecule has 0 aromatic heterocycles. The Bertz CT molecular complexity index is 826. The van der Waals surface area contributed by atoms with Crippen LogP contribution in [0.25, 0.3) is 0 Å². The van der Waals surface area contributed by atoms with Gasteiger partial charge in [-0.05, 0) is 19.3 Å². The van der Waals surface area contributed by atoms with E-state index in [4.69, 9.17) is 0 Å². The molecule has 1 aromatic rings. The fourth-order valence-corrected chi connectivity index (χ4v) is 4.01. The Morgan fingerprint density at radius 1 is 0.875 bits per heavy atom. The summed E-state index contributed by atoms with van der Waals surface area (Å²) in [6.07, 6.45) is 3.26. The lowest BCUT2D eigenvalue weighted by Gasteiger charge is -2.43. The van der Waals surface area contributed by atoms with Crippen molar-refractivity contribution in [1.29, 1.82) is 21.0 Å². The molecule has 1 heterocycles. The third-order valence-electron chi connectivity index (χ3n) is 5.24. The van der Waals surface area contributed by atoms with Crippen molar-refractivity contribution in [1.82, 2.24) is 0 Å². The molecule has 2 N–H and O–H groups in total. The highest BCUT2D eigenvalue weighted by Crippen LogP contribution is 2.55. The molecular formula is C19H16N5+. The Morgan fingerprint density at radius 3 is 2.08 bits per heavy atom. The number of rotatable bonds is 1. The number of nitrogens with zero attached hydrogens (tertiary/aromatic N) is 4. The first-order valence-corrected chi connectivity index (χ1v) is 7.96. The summed E-state index contributed by atoms with van der Waals surface area (Å²) in [4.78, 5) is 0. The highest BCUT2D eigenvalue weighted by atomic mass is 15.0. The summed E-state index contributed by atoms with van der Waals surface area (Å²) in [6.45, 7) is 0. The molecule has 0 amide bonds. The van der Waals surface area contributed by atoms with Crippen molar-refractivity contribution in [3.05, 3.63) is 47.2 Å². The fourth-order valence-electron chi connectivity index (χ4n) is 4.01. The topological polar surface area (TPSA) is 112 Å². The first-order valence-electron chi connectivity index (χ1n) is 7.96. The molecule has 3 rings (SSSR count). The molecule has 1 atom stereocenters. The maximum Gasteiger partial charge on any atom is 0.234 e. The van der Waals surface area contributed by atoms with Gasteiger partial charge in [0.25, 0.3) is 0 Å². The molecule has 116 valence electrons. The summed E-state index contributed by atoms with van der Waals surface area (Å²) in [5.41, 5.74) is -1.03. The van der Waals surface area contributed by atoms with Gasteiger partial charge in [-0.1, -0.05) is 30.3 Å². The summed E-state index contributed by atoms with van der Waals surface area (Å²) in [7, 11) is 0. The quantitative estimate of drug-likeness (QED) is 0.856. The van der Waals surface area contributed by atoms with E-state index in [2.05, 4.69) is 24.3 Å². The van der Waals surface area contributed by atoms with Crippen LogP contribution in [0.2, 0.25) is 0 Å². The highest BCUT2D eigenvalue weighted by Gasteiger charge is 2.67. The lowest BCUT2D eigenvalue weighted by atomic mass is 9.54. The minimum atomic E-state index is -1.74. The van der Waals surface area contributed by atoms with Crippen LogP contribution in [0.4, 0.5) is 0 Å². The Morgan fingerprint density at radius 2 is 1.50 bits per heavy atom. The van der Waals surface area contributed by atoms with Gasteiger partial charge in [0, 0.05) is 17.6 Å². The van der Waals surface area contributed by atoms with Crippen LogP contribution in [0.5, 0.6) is 0 Å². The summed E-state index contributed by atoms with van der Waals surface area (Å²) in [5, 5.41) is 41.7. The van der Waals surface area contributed by atoms with Crippen molar-refractivity contribution in [2.45, 2.75) is 31.7 Å². The van der Waals surface area contributed by atoms with Crippen molar-refractivity contribution in [3.63, 3.8) is 0 Å². The first kappa shape index (κ1) is 15.8. The second kappa shape index (κ2) is 5.82. The standard InChI is InChI=1S/C19H15N5/c20-10-18(11-21)15-8-4-5-9-16(15)24-17(19(18,12-22)13-23)14-6-2-1-3-7-14/h1-3,6-7,17,24H,4-5,8-9H2/p+1/t17-/m0/s1. The molecule has 2 aliphatic rings. The number of nitrogens with two attached hydrogens (primary N) is 1. The van der Waals surface area contributed by atoms with Gasteiger partial charge in [-0.25, -0.2) is 0 Å². The molecule has 1 aromatic carbocycles. The van der Waals surface area contributed by atoms with E-state index in [0.29, 0.717) is 12.0 Å². The van der Waals surface area contributed by atoms with Crippen molar-refractivity contribution >= 4 is 0 Å². The molecule has 0 spiro atoms. The van der Waals surface area contributed by atoms with Gasteiger partial charge in [-0.3, -0.25) is 0 Å². The Kier molecular flexibility index (Phi) is 3.83. The lowest BCUT2D eigenvalue weighted by Crippen LogP contribution is -2.90. The van der Waals surface area contributed by atoms with Crippen LogP contribution in [0.1, 0.15) is 37.3 Å². The van der Waals surface area contributed by atoms with Crippen LogP contribution in [-0.2, 0) is 0 Å². The molecular weight excluding hydrogens is 298 g/mol. The monoisotopic (exact) mass is 314 g/mol. The van der Waals surface area contributed by atoms with Crippen LogP contribution in [0.3, 0.4) is 0 Å². The summed E-state index contributed by atoms with van der Waals surface area (Å²) >= 11 is 0. The minimum absolute atomic E-state index is 0.593. The number of allylic oxidation sites excluding steroid dienone is 2. The molecule has 0 unspecified atom stereocenters. The number of nitriles is 4. The molecule has 0 bridgehead atoms. The summed E-state index contributed by atoms with van der Waals surface area (Å²) in [6, 6.07) is 16.9. The molecule has 0 saturated heterocycles. The summed E-state index contributed by atoms with van der Waals surface area (Å²) in [5.74, 6) is 0. The van der Waals surface area contributed by atoms with E-state index >= 15 is 0 Å². The predicted octanol–water partition coefficient (Wildman–Crippen LogP) is 2.20. The maximum atomic E-state index is 9.94. The van der Waals surface area contributed by atoms with Crippen molar-refractivity contribution < 1.29 is 5.32 Å². The van der Waals surface area contributed by atoms with E-state index in [1.54, 1.807) is 0 Å². The molecule has 5 nitrogen and oxygen atoms in total. The second-order valence-corrected chi connectivity index (χ2v) is 6.27. The van der Waals surface area contributed by atoms with Gasteiger partial charge in [0.1, 0.15) is 5.70 Å². The normalized spacial score (nSPS) is 23.8. The van der Waals surface area contributed by atoms with Gasteiger partial charge in [0.2, 0.25) is 10.8 Å². The maximum absolute atomic E-state index is 9.94. The van der Waals surface area contributed by atoms with Gasteiger partial charge >= 0.3 is 0 Å². The van der Waals surface area contributed by atoms with E-state index in [0.717, 1.165) is 30.5 Å². The van der Waals surface area contributed by atoms with E-state index < -0.39 is 16.9 Å². The average Bonchev–Trinajstić information content (AvgIpc) is 2.67.